The first-order valence-corrected chi connectivity index (χ1v) is 13.8. The van der Waals surface area contributed by atoms with Crippen LogP contribution in [0.4, 0.5) is 4.79 Å². The Morgan fingerprint density at radius 3 is 2.14 bits per heavy atom. The molecule has 5 nitrogen and oxygen atoms in total. The van der Waals surface area contributed by atoms with Gasteiger partial charge in [0.2, 0.25) is 0 Å². The fraction of sp³-hybridized carbons (Fsp3) is 0.345. The van der Waals surface area contributed by atoms with Gasteiger partial charge < -0.3 is 9.64 Å². The molecule has 0 N–H and O–H groups in total. The monoisotopic (exact) mass is 491 g/mol. The molecule has 3 aromatic rings. The van der Waals surface area contributed by atoms with Gasteiger partial charge in [-0.25, -0.2) is 13.2 Å². The van der Waals surface area contributed by atoms with Gasteiger partial charge in [0.05, 0.1) is 4.90 Å². The van der Waals surface area contributed by atoms with E-state index in [4.69, 9.17) is 4.74 Å². The Hall–Kier alpha value is -3.12. The van der Waals surface area contributed by atoms with E-state index in [1.54, 1.807) is 18.2 Å². The molecule has 0 aliphatic carbocycles. The van der Waals surface area contributed by atoms with E-state index in [2.05, 4.69) is 36.4 Å². The molecule has 3 aromatic carbocycles. The standard InChI is InChI=1S/C29H33NO4S/c1-29(2,3)34-28(31)30-17-16-26(21-10-6-5-7-11-21)27(20-30)24-14-8-12-22(18-24)23-13-9-15-25(19-23)35(4,32)33/h5-15,18-19,26-27H,16-17,20H2,1-4H3. The summed E-state index contributed by atoms with van der Waals surface area (Å²) in [6.07, 6.45) is 1.77. The molecule has 0 radical (unpaired) electrons. The summed E-state index contributed by atoms with van der Waals surface area (Å²) >= 11 is 0. The zero-order valence-electron chi connectivity index (χ0n) is 20.8. The van der Waals surface area contributed by atoms with E-state index in [9.17, 15) is 13.2 Å². The SMILES string of the molecule is CC(C)(C)OC(=O)N1CCC(c2ccccc2)C(c2cccc(-c3cccc(S(C)(=O)=O)c3)c2)C1. The molecule has 0 saturated carbocycles. The van der Waals surface area contributed by atoms with Crippen LogP contribution in [0.5, 0.6) is 0 Å². The van der Waals surface area contributed by atoms with Crippen LogP contribution >= 0.6 is 0 Å². The number of benzene rings is 3. The lowest BCUT2D eigenvalue weighted by molar-refractivity contribution is 0.0184. The van der Waals surface area contributed by atoms with Crippen LogP contribution in [0.1, 0.15) is 50.2 Å². The predicted octanol–water partition coefficient (Wildman–Crippen LogP) is 6.27. The number of likely N-dealkylation sites (tertiary alicyclic amines) is 1. The van der Waals surface area contributed by atoms with Gasteiger partial charge in [0.1, 0.15) is 5.60 Å². The molecular weight excluding hydrogens is 458 g/mol. The van der Waals surface area contributed by atoms with Crippen LogP contribution < -0.4 is 0 Å². The number of hydrogen-bond acceptors (Lipinski definition) is 4. The Balaban J connectivity index is 1.70. The summed E-state index contributed by atoms with van der Waals surface area (Å²) < 4.78 is 29.8. The molecule has 184 valence electrons. The molecule has 1 aliphatic rings. The Morgan fingerprint density at radius 2 is 1.49 bits per heavy atom. The normalized spacial score (nSPS) is 18.8. The van der Waals surface area contributed by atoms with Gasteiger partial charge in [-0.05, 0) is 67.5 Å². The quantitative estimate of drug-likeness (QED) is 0.432. The lowest BCUT2D eigenvalue weighted by Gasteiger charge is -2.39. The minimum Gasteiger partial charge on any atom is -0.444 e. The maximum absolute atomic E-state index is 12.9. The van der Waals surface area contributed by atoms with E-state index >= 15 is 0 Å². The van der Waals surface area contributed by atoms with Crippen LogP contribution in [-0.2, 0) is 14.6 Å². The summed E-state index contributed by atoms with van der Waals surface area (Å²) in [6.45, 7) is 6.84. The van der Waals surface area contributed by atoms with Crippen molar-refractivity contribution in [1.82, 2.24) is 4.90 Å². The van der Waals surface area contributed by atoms with Crippen LogP contribution in [0.3, 0.4) is 0 Å². The average Bonchev–Trinajstić information content (AvgIpc) is 2.83. The first-order chi connectivity index (χ1) is 16.5. The second kappa shape index (κ2) is 9.86. The lowest BCUT2D eigenvalue weighted by Crippen LogP contribution is -2.44. The molecule has 0 spiro atoms. The van der Waals surface area contributed by atoms with Crippen molar-refractivity contribution < 1.29 is 17.9 Å². The molecule has 1 aliphatic heterocycles. The van der Waals surface area contributed by atoms with Gasteiger partial charge in [-0.3, -0.25) is 0 Å². The molecule has 1 heterocycles. The van der Waals surface area contributed by atoms with Crippen molar-refractivity contribution in [3.63, 3.8) is 0 Å². The smallest absolute Gasteiger partial charge is 0.410 e. The maximum atomic E-state index is 12.9. The zero-order valence-corrected chi connectivity index (χ0v) is 21.6. The molecular formula is C29H33NO4S. The van der Waals surface area contributed by atoms with E-state index in [1.807, 2.05) is 49.9 Å². The van der Waals surface area contributed by atoms with Crippen molar-refractivity contribution in [3.8, 4) is 11.1 Å². The van der Waals surface area contributed by atoms with Gasteiger partial charge in [0.15, 0.2) is 9.84 Å². The summed E-state index contributed by atoms with van der Waals surface area (Å²) in [7, 11) is -3.30. The summed E-state index contributed by atoms with van der Waals surface area (Å²) in [5.74, 6) is 0.337. The molecule has 0 aromatic heterocycles. The van der Waals surface area contributed by atoms with E-state index < -0.39 is 15.4 Å². The summed E-state index contributed by atoms with van der Waals surface area (Å²) in [5.41, 5.74) is 3.63. The molecule has 1 saturated heterocycles. The molecule has 1 fully saturated rings. The number of rotatable bonds is 4. The molecule has 4 rings (SSSR count). The second-order valence-corrected chi connectivity index (χ2v) is 12.3. The number of carbonyl (C=O) groups is 1. The highest BCUT2D eigenvalue weighted by Crippen LogP contribution is 2.41. The van der Waals surface area contributed by atoms with Gasteiger partial charge in [-0.2, -0.15) is 0 Å². The number of sulfone groups is 1. The van der Waals surface area contributed by atoms with Gasteiger partial charge in [-0.1, -0.05) is 66.7 Å². The van der Waals surface area contributed by atoms with Crippen molar-refractivity contribution >= 4 is 15.9 Å². The third-order valence-corrected chi connectivity index (χ3v) is 7.51. The molecule has 2 unspecified atom stereocenters. The fourth-order valence-corrected chi connectivity index (χ4v) is 5.40. The zero-order chi connectivity index (χ0) is 25.2. The summed E-state index contributed by atoms with van der Waals surface area (Å²) in [5, 5.41) is 0. The van der Waals surface area contributed by atoms with Crippen molar-refractivity contribution in [1.29, 1.82) is 0 Å². The van der Waals surface area contributed by atoms with E-state index in [0.717, 1.165) is 23.1 Å². The number of piperidine rings is 1. The van der Waals surface area contributed by atoms with Crippen molar-refractivity contribution in [3.05, 3.63) is 90.0 Å². The maximum Gasteiger partial charge on any atom is 0.410 e. The Labute approximate surface area is 208 Å². The van der Waals surface area contributed by atoms with Crippen molar-refractivity contribution in [2.45, 2.75) is 49.5 Å². The minimum absolute atomic E-state index is 0.0803. The van der Waals surface area contributed by atoms with Crippen LogP contribution in [0.2, 0.25) is 0 Å². The number of ether oxygens (including phenoxy) is 1. The van der Waals surface area contributed by atoms with E-state index in [0.29, 0.717) is 18.0 Å². The summed E-state index contributed by atoms with van der Waals surface area (Å²) in [6, 6.07) is 25.7. The van der Waals surface area contributed by atoms with Crippen LogP contribution in [-0.4, -0.2) is 44.4 Å². The highest BCUT2D eigenvalue weighted by molar-refractivity contribution is 7.90. The number of amides is 1. The van der Waals surface area contributed by atoms with Gasteiger partial charge >= 0.3 is 6.09 Å². The molecule has 6 heteroatoms. The largest absolute Gasteiger partial charge is 0.444 e. The Morgan fingerprint density at radius 1 is 0.857 bits per heavy atom. The van der Waals surface area contributed by atoms with Gasteiger partial charge in [0, 0.05) is 25.3 Å². The highest BCUT2D eigenvalue weighted by atomic mass is 32.2. The van der Waals surface area contributed by atoms with Gasteiger partial charge in [0.25, 0.3) is 0 Å². The fourth-order valence-electron chi connectivity index (χ4n) is 4.74. The third-order valence-electron chi connectivity index (χ3n) is 6.40. The van der Waals surface area contributed by atoms with E-state index in [-0.39, 0.29) is 17.9 Å². The average molecular weight is 492 g/mol. The highest BCUT2D eigenvalue weighted by Gasteiger charge is 2.35. The second-order valence-electron chi connectivity index (χ2n) is 10.3. The molecule has 35 heavy (non-hydrogen) atoms. The van der Waals surface area contributed by atoms with Crippen molar-refractivity contribution in [2.24, 2.45) is 0 Å². The predicted molar refractivity (Wildman–Crippen MR) is 139 cm³/mol. The van der Waals surface area contributed by atoms with Crippen molar-refractivity contribution in [2.75, 3.05) is 19.3 Å². The molecule has 0 bridgehead atoms. The number of carbonyl (C=O) groups excluding carboxylic acids is 1. The van der Waals surface area contributed by atoms with Crippen LogP contribution in [0, 0.1) is 0 Å². The molecule has 1 amide bonds. The number of nitrogens with zero attached hydrogens (tertiary/aromatic N) is 1. The topological polar surface area (TPSA) is 63.7 Å². The van der Waals surface area contributed by atoms with Gasteiger partial charge in [-0.15, -0.1) is 0 Å². The Kier molecular flexibility index (Phi) is 7.04. The van der Waals surface area contributed by atoms with Crippen LogP contribution in [0.25, 0.3) is 11.1 Å². The first-order valence-electron chi connectivity index (χ1n) is 11.9. The Bertz CT molecular complexity index is 1300. The molecule has 2 atom stereocenters. The summed E-state index contributed by atoms with van der Waals surface area (Å²) in [4.78, 5) is 15.0. The van der Waals surface area contributed by atoms with E-state index in [1.165, 1.54) is 11.8 Å². The first kappa shape index (κ1) is 25.0. The third kappa shape index (κ3) is 6.12. The lowest BCUT2D eigenvalue weighted by atomic mass is 9.76. The number of hydrogen-bond donors (Lipinski definition) is 0. The minimum atomic E-state index is -3.30. The van der Waals surface area contributed by atoms with Crippen LogP contribution in [0.15, 0.2) is 83.8 Å².